The van der Waals surface area contributed by atoms with Crippen LogP contribution in [0.1, 0.15) is 46.0 Å². The Kier molecular flexibility index (Phi) is 7.28. The third-order valence-corrected chi connectivity index (χ3v) is 3.40. The average molecular weight is 268 g/mol. The topological polar surface area (TPSA) is 55.1 Å². The van der Waals surface area contributed by atoms with Crippen molar-refractivity contribution in [2.75, 3.05) is 13.1 Å². The van der Waals surface area contributed by atoms with Gasteiger partial charge in [0.1, 0.15) is 0 Å². The van der Waals surface area contributed by atoms with E-state index in [1.165, 1.54) is 0 Å². The van der Waals surface area contributed by atoms with Crippen LogP contribution in [-0.2, 0) is 4.79 Å². The number of halogens is 3. The Morgan fingerprint density at radius 1 is 1.17 bits per heavy atom. The Bertz CT molecular complexity index is 242. The molecule has 0 aromatic heterocycles. The van der Waals surface area contributed by atoms with Gasteiger partial charge in [-0.3, -0.25) is 4.79 Å². The molecule has 0 saturated carbocycles. The maximum absolute atomic E-state index is 11.9. The Morgan fingerprint density at radius 3 is 2.11 bits per heavy atom. The molecule has 6 heteroatoms. The van der Waals surface area contributed by atoms with Gasteiger partial charge in [0.2, 0.25) is 5.91 Å². The third-order valence-electron chi connectivity index (χ3n) is 3.40. The van der Waals surface area contributed by atoms with Gasteiger partial charge in [-0.2, -0.15) is 13.2 Å². The molecule has 0 aliphatic heterocycles. The van der Waals surface area contributed by atoms with Crippen LogP contribution in [-0.4, -0.2) is 25.2 Å². The summed E-state index contributed by atoms with van der Waals surface area (Å²) in [5.41, 5.74) is 5.03. The summed E-state index contributed by atoms with van der Waals surface area (Å²) < 4.78 is 35.7. The molecule has 0 atom stereocenters. The maximum Gasteiger partial charge on any atom is 0.389 e. The summed E-state index contributed by atoms with van der Waals surface area (Å²) in [5.74, 6) is -0.151. The molecule has 108 valence electrons. The van der Waals surface area contributed by atoms with E-state index >= 15 is 0 Å². The lowest BCUT2D eigenvalue weighted by Gasteiger charge is -2.28. The molecule has 0 radical (unpaired) electrons. The number of carbonyl (C=O) groups excluding carboxylic acids is 1. The van der Waals surface area contributed by atoms with Crippen LogP contribution in [0.25, 0.3) is 0 Å². The van der Waals surface area contributed by atoms with Crippen LogP contribution >= 0.6 is 0 Å². The highest BCUT2D eigenvalue weighted by Crippen LogP contribution is 2.25. The second kappa shape index (κ2) is 7.61. The molecule has 0 fully saturated rings. The van der Waals surface area contributed by atoms with E-state index in [1.807, 2.05) is 13.8 Å². The summed E-state index contributed by atoms with van der Waals surface area (Å²) in [7, 11) is 0. The summed E-state index contributed by atoms with van der Waals surface area (Å²) >= 11 is 0. The first-order chi connectivity index (χ1) is 8.31. The summed E-state index contributed by atoms with van der Waals surface area (Å²) in [5, 5.41) is 2.68. The van der Waals surface area contributed by atoms with Crippen molar-refractivity contribution in [3.8, 4) is 0 Å². The zero-order chi connectivity index (χ0) is 14.2. The second-order valence-electron chi connectivity index (χ2n) is 4.52. The monoisotopic (exact) mass is 268 g/mol. The minimum absolute atomic E-state index is 0.0393. The molecule has 3 nitrogen and oxygen atoms in total. The van der Waals surface area contributed by atoms with Gasteiger partial charge < -0.3 is 11.1 Å². The Morgan fingerprint density at radius 2 is 1.72 bits per heavy atom. The van der Waals surface area contributed by atoms with Crippen molar-refractivity contribution in [1.29, 1.82) is 0 Å². The summed E-state index contributed by atoms with van der Waals surface area (Å²) in [4.78, 5) is 11.9. The predicted molar refractivity (Wildman–Crippen MR) is 65.0 cm³/mol. The quantitative estimate of drug-likeness (QED) is 0.665. The van der Waals surface area contributed by atoms with E-state index in [4.69, 9.17) is 5.73 Å². The molecule has 3 N–H and O–H groups in total. The first kappa shape index (κ1) is 17.2. The lowest BCUT2D eigenvalue weighted by molar-refractivity contribution is -0.135. The van der Waals surface area contributed by atoms with Crippen LogP contribution < -0.4 is 11.1 Å². The summed E-state index contributed by atoms with van der Waals surface area (Å²) in [6.45, 7) is 4.31. The fourth-order valence-corrected chi connectivity index (χ4v) is 1.79. The van der Waals surface area contributed by atoms with Gasteiger partial charge in [-0.05, 0) is 25.7 Å². The molecule has 0 heterocycles. The molecule has 0 spiro atoms. The van der Waals surface area contributed by atoms with Gasteiger partial charge in [0.15, 0.2) is 0 Å². The highest BCUT2D eigenvalue weighted by molar-refractivity contribution is 5.82. The van der Waals surface area contributed by atoms with Crippen LogP contribution in [0.5, 0.6) is 0 Å². The molecule has 18 heavy (non-hydrogen) atoms. The van der Waals surface area contributed by atoms with Crippen molar-refractivity contribution < 1.29 is 18.0 Å². The molecule has 0 aliphatic rings. The van der Waals surface area contributed by atoms with Gasteiger partial charge in [0.25, 0.3) is 0 Å². The number of nitrogens with two attached hydrogens (primary N) is 1. The largest absolute Gasteiger partial charge is 0.389 e. The van der Waals surface area contributed by atoms with Gasteiger partial charge in [0, 0.05) is 19.5 Å². The zero-order valence-corrected chi connectivity index (χ0v) is 11.1. The van der Waals surface area contributed by atoms with E-state index < -0.39 is 18.0 Å². The second-order valence-corrected chi connectivity index (χ2v) is 4.52. The van der Waals surface area contributed by atoms with Gasteiger partial charge in [-0.15, -0.1) is 0 Å². The Balaban J connectivity index is 3.96. The number of amides is 1. The fourth-order valence-electron chi connectivity index (χ4n) is 1.79. The van der Waals surface area contributed by atoms with E-state index in [0.29, 0.717) is 19.3 Å². The standard InChI is InChI=1S/C12H23F3N2O/c1-3-11(4-2,9-16)10(18)17-8-6-5-7-12(13,14)15/h3-9,16H2,1-2H3,(H,17,18). The molecule has 0 bridgehead atoms. The fraction of sp³-hybridized carbons (Fsp3) is 0.917. The lowest BCUT2D eigenvalue weighted by Crippen LogP contribution is -2.45. The Hall–Kier alpha value is -0.780. The Labute approximate surface area is 106 Å². The van der Waals surface area contributed by atoms with E-state index in [1.54, 1.807) is 0 Å². The molecule has 1 amide bonds. The molecular weight excluding hydrogens is 245 g/mol. The first-order valence-electron chi connectivity index (χ1n) is 6.36. The van der Waals surface area contributed by atoms with Gasteiger partial charge in [-0.1, -0.05) is 13.8 Å². The molecule has 0 aromatic carbocycles. The van der Waals surface area contributed by atoms with Gasteiger partial charge in [0.05, 0.1) is 5.41 Å². The van der Waals surface area contributed by atoms with Crippen LogP contribution in [0.4, 0.5) is 13.2 Å². The number of nitrogens with one attached hydrogen (secondary N) is 1. The van der Waals surface area contributed by atoms with E-state index in [2.05, 4.69) is 5.32 Å². The minimum atomic E-state index is -4.11. The minimum Gasteiger partial charge on any atom is -0.356 e. The van der Waals surface area contributed by atoms with E-state index in [0.717, 1.165) is 0 Å². The SMILES string of the molecule is CCC(CC)(CN)C(=O)NCCCCC(F)(F)F. The summed E-state index contributed by atoms with van der Waals surface area (Å²) in [6.07, 6.45) is -3.27. The molecule has 0 aliphatic carbocycles. The number of unbranched alkanes of at least 4 members (excludes halogenated alkanes) is 1. The third kappa shape index (κ3) is 5.71. The van der Waals surface area contributed by atoms with E-state index in [-0.39, 0.29) is 25.4 Å². The van der Waals surface area contributed by atoms with Crippen LogP contribution in [0.3, 0.4) is 0 Å². The maximum atomic E-state index is 11.9. The van der Waals surface area contributed by atoms with Gasteiger partial charge >= 0.3 is 6.18 Å². The normalized spacial score (nSPS) is 12.6. The predicted octanol–water partition coefficient (Wildman–Crippen LogP) is 2.60. The van der Waals surface area contributed by atoms with Crippen molar-refractivity contribution in [3.63, 3.8) is 0 Å². The van der Waals surface area contributed by atoms with Crippen LogP contribution in [0.15, 0.2) is 0 Å². The number of rotatable bonds is 8. The number of hydrogen-bond acceptors (Lipinski definition) is 2. The number of alkyl halides is 3. The smallest absolute Gasteiger partial charge is 0.356 e. The summed E-state index contributed by atoms with van der Waals surface area (Å²) in [6, 6.07) is 0. The molecule has 0 saturated heterocycles. The molecular formula is C12H23F3N2O. The first-order valence-corrected chi connectivity index (χ1v) is 6.36. The number of carbonyl (C=O) groups is 1. The highest BCUT2D eigenvalue weighted by Gasteiger charge is 2.33. The highest BCUT2D eigenvalue weighted by atomic mass is 19.4. The molecule has 0 rings (SSSR count). The average Bonchev–Trinajstić information content (AvgIpc) is 2.30. The van der Waals surface area contributed by atoms with Crippen molar-refractivity contribution in [1.82, 2.24) is 5.32 Å². The number of hydrogen-bond donors (Lipinski definition) is 2. The zero-order valence-electron chi connectivity index (χ0n) is 11.1. The van der Waals surface area contributed by atoms with Crippen molar-refractivity contribution >= 4 is 5.91 Å². The molecule has 0 unspecified atom stereocenters. The molecule has 0 aromatic rings. The lowest BCUT2D eigenvalue weighted by atomic mass is 9.81. The van der Waals surface area contributed by atoms with Crippen LogP contribution in [0, 0.1) is 5.41 Å². The van der Waals surface area contributed by atoms with E-state index in [9.17, 15) is 18.0 Å². The van der Waals surface area contributed by atoms with Gasteiger partial charge in [-0.25, -0.2) is 0 Å². The van der Waals surface area contributed by atoms with Crippen LogP contribution in [0.2, 0.25) is 0 Å². The van der Waals surface area contributed by atoms with Crippen molar-refractivity contribution in [2.45, 2.75) is 52.1 Å². The van der Waals surface area contributed by atoms with Crippen molar-refractivity contribution in [3.05, 3.63) is 0 Å². The van der Waals surface area contributed by atoms with Crippen molar-refractivity contribution in [2.24, 2.45) is 11.1 Å².